The fourth-order valence-corrected chi connectivity index (χ4v) is 1.26. The molecule has 0 aromatic rings. The maximum atomic E-state index is 11.2. The third-order valence-corrected chi connectivity index (χ3v) is 2.10. The van der Waals surface area contributed by atoms with E-state index in [1.54, 1.807) is 0 Å². The van der Waals surface area contributed by atoms with Crippen molar-refractivity contribution in [1.29, 1.82) is 0 Å². The van der Waals surface area contributed by atoms with Crippen LogP contribution in [0, 0.1) is 0 Å². The molecule has 0 radical (unpaired) electrons. The predicted octanol–water partition coefficient (Wildman–Crippen LogP) is 2.55. The minimum absolute atomic E-state index is 0.0360. The van der Waals surface area contributed by atoms with Gasteiger partial charge < -0.3 is 14.2 Å². The summed E-state index contributed by atoms with van der Waals surface area (Å²) in [5.41, 5.74) is 0. The summed E-state index contributed by atoms with van der Waals surface area (Å²) in [6, 6.07) is 0. The third-order valence-electron chi connectivity index (χ3n) is 2.10. The minimum atomic E-state index is -0.192. The maximum Gasteiger partial charge on any atom is 0.306 e. The fraction of sp³-hybridized carbons (Fsp3) is 0.923. The Morgan fingerprint density at radius 2 is 1.76 bits per heavy atom. The van der Waals surface area contributed by atoms with Crippen LogP contribution in [0.2, 0.25) is 0 Å². The van der Waals surface area contributed by atoms with Gasteiger partial charge in [-0.15, -0.1) is 0 Å². The van der Waals surface area contributed by atoms with Gasteiger partial charge in [-0.05, 0) is 26.7 Å². The normalized spacial score (nSPS) is 14.4. The lowest BCUT2D eigenvalue weighted by Crippen LogP contribution is -2.25. The van der Waals surface area contributed by atoms with Crippen LogP contribution in [0.25, 0.3) is 0 Å². The number of esters is 1. The Kier molecular flexibility index (Phi) is 10.2. The van der Waals surface area contributed by atoms with Gasteiger partial charge in [-0.2, -0.15) is 0 Å². The minimum Gasteiger partial charge on any atom is -0.460 e. The van der Waals surface area contributed by atoms with Gasteiger partial charge in [0.05, 0.1) is 19.3 Å². The van der Waals surface area contributed by atoms with Gasteiger partial charge in [0.2, 0.25) is 0 Å². The van der Waals surface area contributed by atoms with Crippen LogP contribution in [0.1, 0.15) is 47.0 Å². The second-order valence-corrected chi connectivity index (χ2v) is 4.27. The van der Waals surface area contributed by atoms with Crippen molar-refractivity contribution in [1.82, 2.24) is 0 Å². The molecule has 4 heteroatoms. The van der Waals surface area contributed by atoms with Crippen LogP contribution < -0.4 is 0 Å². The molecule has 0 bridgehead atoms. The molecule has 17 heavy (non-hydrogen) atoms. The first-order chi connectivity index (χ1) is 8.10. The largest absolute Gasteiger partial charge is 0.460 e. The van der Waals surface area contributed by atoms with E-state index < -0.39 is 0 Å². The van der Waals surface area contributed by atoms with Gasteiger partial charge >= 0.3 is 5.97 Å². The Hall–Kier alpha value is -0.610. The average Bonchev–Trinajstić information content (AvgIpc) is 2.27. The van der Waals surface area contributed by atoms with Crippen molar-refractivity contribution in [3.05, 3.63) is 0 Å². The van der Waals surface area contributed by atoms with E-state index in [9.17, 15) is 4.79 Å². The van der Waals surface area contributed by atoms with E-state index in [1.807, 2.05) is 20.8 Å². The van der Waals surface area contributed by atoms with Crippen molar-refractivity contribution in [2.75, 3.05) is 19.8 Å². The molecular formula is C13H26O4. The number of carbonyl (C=O) groups excluding carboxylic acids is 1. The van der Waals surface area contributed by atoms with E-state index in [2.05, 4.69) is 6.92 Å². The highest BCUT2D eigenvalue weighted by atomic mass is 16.6. The summed E-state index contributed by atoms with van der Waals surface area (Å²) in [4.78, 5) is 11.2. The molecule has 2 atom stereocenters. The molecule has 0 aliphatic carbocycles. The Bertz CT molecular complexity index is 194. The van der Waals surface area contributed by atoms with Crippen molar-refractivity contribution < 1.29 is 19.0 Å². The first-order valence-electron chi connectivity index (χ1n) is 6.48. The standard InChI is InChI=1S/C13H26O4/c1-5-7-13(14)17-12(4)10-16-11(3)9-15-8-6-2/h11-12H,5-10H2,1-4H3. The number of rotatable bonds is 10. The van der Waals surface area contributed by atoms with Gasteiger partial charge in [0, 0.05) is 13.0 Å². The lowest BCUT2D eigenvalue weighted by molar-refractivity contribution is -0.152. The van der Waals surface area contributed by atoms with Crippen LogP contribution in [0.15, 0.2) is 0 Å². The van der Waals surface area contributed by atoms with Gasteiger partial charge in [0.25, 0.3) is 0 Å². The zero-order valence-electron chi connectivity index (χ0n) is 11.5. The van der Waals surface area contributed by atoms with Gasteiger partial charge in [0.15, 0.2) is 0 Å². The Labute approximate surface area is 105 Å². The molecule has 0 heterocycles. The van der Waals surface area contributed by atoms with E-state index in [1.165, 1.54) is 0 Å². The van der Waals surface area contributed by atoms with Crippen molar-refractivity contribution in [3.8, 4) is 0 Å². The van der Waals surface area contributed by atoms with Crippen LogP contribution >= 0.6 is 0 Å². The number of hydrogen-bond acceptors (Lipinski definition) is 4. The molecule has 4 nitrogen and oxygen atoms in total. The number of ether oxygens (including phenoxy) is 3. The highest BCUT2D eigenvalue weighted by Gasteiger charge is 2.10. The molecule has 0 aliphatic heterocycles. The number of hydrogen-bond donors (Lipinski definition) is 0. The van der Waals surface area contributed by atoms with Crippen LogP contribution in [-0.2, 0) is 19.0 Å². The molecule has 0 amide bonds. The van der Waals surface area contributed by atoms with Gasteiger partial charge in [-0.3, -0.25) is 4.79 Å². The second-order valence-electron chi connectivity index (χ2n) is 4.27. The molecule has 0 saturated heterocycles. The van der Waals surface area contributed by atoms with Gasteiger partial charge in [-0.25, -0.2) is 0 Å². The molecule has 0 aliphatic rings. The third kappa shape index (κ3) is 10.3. The lowest BCUT2D eigenvalue weighted by Gasteiger charge is -2.17. The summed E-state index contributed by atoms with van der Waals surface area (Å²) >= 11 is 0. The smallest absolute Gasteiger partial charge is 0.306 e. The summed E-state index contributed by atoms with van der Waals surface area (Å²) in [5.74, 6) is -0.154. The number of carbonyl (C=O) groups is 1. The zero-order valence-corrected chi connectivity index (χ0v) is 11.5. The monoisotopic (exact) mass is 246 g/mol. The van der Waals surface area contributed by atoms with Crippen molar-refractivity contribution in [2.24, 2.45) is 0 Å². The maximum absolute atomic E-state index is 11.2. The highest BCUT2D eigenvalue weighted by molar-refractivity contribution is 5.69. The van der Waals surface area contributed by atoms with Crippen molar-refractivity contribution >= 4 is 5.97 Å². The summed E-state index contributed by atoms with van der Waals surface area (Å²) in [7, 11) is 0. The SMILES string of the molecule is CCCOCC(C)OCC(C)OC(=O)CCC. The zero-order chi connectivity index (χ0) is 13.1. The lowest BCUT2D eigenvalue weighted by atomic mass is 10.3. The van der Waals surface area contributed by atoms with E-state index in [-0.39, 0.29) is 18.2 Å². The van der Waals surface area contributed by atoms with Crippen LogP contribution in [0.3, 0.4) is 0 Å². The van der Waals surface area contributed by atoms with Crippen LogP contribution in [-0.4, -0.2) is 38.0 Å². The van der Waals surface area contributed by atoms with Crippen LogP contribution in [0.4, 0.5) is 0 Å². The molecule has 0 rings (SSSR count). The highest BCUT2D eigenvalue weighted by Crippen LogP contribution is 2.01. The van der Waals surface area contributed by atoms with E-state index in [0.717, 1.165) is 19.4 Å². The van der Waals surface area contributed by atoms with Crippen molar-refractivity contribution in [2.45, 2.75) is 59.2 Å². The Morgan fingerprint density at radius 1 is 1.06 bits per heavy atom. The van der Waals surface area contributed by atoms with Gasteiger partial charge in [-0.1, -0.05) is 13.8 Å². The summed E-state index contributed by atoms with van der Waals surface area (Å²) in [5, 5.41) is 0. The molecule has 0 aromatic heterocycles. The topological polar surface area (TPSA) is 44.8 Å². The first-order valence-corrected chi connectivity index (χ1v) is 6.48. The molecule has 0 fully saturated rings. The Morgan fingerprint density at radius 3 is 2.35 bits per heavy atom. The van der Waals surface area contributed by atoms with E-state index >= 15 is 0 Å². The molecular weight excluding hydrogens is 220 g/mol. The molecule has 0 saturated carbocycles. The molecule has 0 N–H and O–H groups in total. The average molecular weight is 246 g/mol. The molecule has 2 unspecified atom stereocenters. The van der Waals surface area contributed by atoms with Crippen LogP contribution in [0.5, 0.6) is 0 Å². The van der Waals surface area contributed by atoms with Crippen molar-refractivity contribution in [3.63, 3.8) is 0 Å². The molecule has 0 aromatic carbocycles. The molecule has 0 spiro atoms. The van der Waals surface area contributed by atoms with E-state index in [4.69, 9.17) is 14.2 Å². The summed E-state index contributed by atoms with van der Waals surface area (Å²) in [6.45, 7) is 9.59. The Balaban J connectivity index is 3.54. The summed E-state index contributed by atoms with van der Waals surface area (Å²) in [6.07, 6.45) is 2.14. The fourth-order valence-electron chi connectivity index (χ4n) is 1.26. The predicted molar refractivity (Wildman–Crippen MR) is 67.0 cm³/mol. The summed E-state index contributed by atoms with van der Waals surface area (Å²) < 4.78 is 16.1. The van der Waals surface area contributed by atoms with E-state index in [0.29, 0.717) is 19.6 Å². The quantitative estimate of drug-likeness (QED) is 0.439. The second kappa shape index (κ2) is 10.5. The molecule has 102 valence electrons. The first kappa shape index (κ1) is 16.4. The van der Waals surface area contributed by atoms with Gasteiger partial charge in [0.1, 0.15) is 6.10 Å².